The summed E-state index contributed by atoms with van der Waals surface area (Å²) in [5.74, 6) is 1.17. The van der Waals surface area contributed by atoms with Crippen molar-refractivity contribution in [1.82, 2.24) is 19.4 Å². The van der Waals surface area contributed by atoms with Gasteiger partial charge in [-0.25, -0.2) is 4.98 Å². The molecule has 0 aromatic carbocycles. The van der Waals surface area contributed by atoms with E-state index >= 15 is 0 Å². The highest BCUT2D eigenvalue weighted by Gasteiger charge is 2.31. The molecule has 2 saturated heterocycles. The number of carbonyl (C=O) groups excluding carboxylic acids is 1. The number of fused-ring (bicyclic) bond motifs is 1. The maximum Gasteiger partial charge on any atom is 0.252 e. The fourth-order valence-corrected chi connectivity index (χ4v) is 3.72. The molecule has 0 N–H and O–H groups in total. The molecule has 22 heavy (non-hydrogen) atoms. The Bertz CT molecular complexity index is 544. The maximum atomic E-state index is 12.5. The summed E-state index contributed by atoms with van der Waals surface area (Å²) < 4.78 is 7.74. The highest BCUT2D eigenvalue weighted by atomic mass is 16.5. The number of hydrogen-bond donors (Lipinski definition) is 0. The van der Waals surface area contributed by atoms with Gasteiger partial charge in [0.1, 0.15) is 11.9 Å². The van der Waals surface area contributed by atoms with Crippen molar-refractivity contribution in [3.63, 3.8) is 0 Å². The lowest BCUT2D eigenvalue weighted by Crippen LogP contribution is -2.43. The molecule has 6 heteroatoms. The van der Waals surface area contributed by atoms with E-state index < -0.39 is 0 Å². The number of ether oxygens (including phenoxy) is 1. The van der Waals surface area contributed by atoms with E-state index in [1.54, 1.807) is 0 Å². The second kappa shape index (κ2) is 6.01. The number of rotatable bonds is 3. The van der Waals surface area contributed by atoms with Crippen LogP contribution in [0.25, 0.3) is 0 Å². The zero-order valence-corrected chi connectivity index (χ0v) is 13.0. The molecule has 4 rings (SSSR count). The average molecular weight is 304 g/mol. The second-order valence-corrected chi connectivity index (χ2v) is 6.59. The Morgan fingerprint density at radius 3 is 2.86 bits per heavy atom. The van der Waals surface area contributed by atoms with Gasteiger partial charge >= 0.3 is 0 Å². The van der Waals surface area contributed by atoms with Gasteiger partial charge in [0.15, 0.2) is 0 Å². The average Bonchev–Trinajstić information content (AvgIpc) is 3.27. The summed E-state index contributed by atoms with van der Waals surface area (Å²) in [7, 11) is 0. The van der Waals surface area contributed by atoms with Crippen LogP contribution in [0.3, 0.4) is 0 Å². The number of nitrogens with zero attached hydrogens (tertiary/aromatic N) is 4. The quantitative estimate of drug-likeness (QED) is 0.836. The molecule has 1 aromatic heterocycles. The molecule has 3 aliphatic heterocycles. The monoisotopic (exact) mass is 304 g/mol. The first-order chi connectivity index (χ1) is 10.8. The minimum Gasteiger partial charge on any atom is -0.368 e. The summed E-state index contributed by atoms with van der Waals surface area (Å²) in [6.45, 7) is 6.28. The minimum absolute atomic E-state index is 0.146. The van der Waals surface area contributed by atoms with Crippen LogP contribution in [-0.4, -0.2) is 57.6 Å². The Hall–Kier alpha value is -1.40. The van der Waals surface area contributed by atoms with Crippen LogP contribution in [0.2, 0.25) is 0 Å². The molecule has 1 atom stereocenters. The smallest absolute Gasteiger partial charge is 0.252 e. The summed E-state index contributed by atoms with van der Waals surface area (Å²) >= 11 is 0. The van der Waals surface area contributed by atoms with Crippen molar-refractivity contribution in [2.24, 2.45) is 0 Å². The largest absolute Gasteiger partial charge is 0.368 e. The lowest BCUT2D eigenvalue weighted by molar-refractivity contribution is -0.142. The topological polar surface area (TPSA) is 50.6 Å². The third-order valence-electron chi connectivity index (χ3n) is 4.95. The normalized spacial score (nSPS) is 25.6. The van der Waals surface area contributed by atoms with Gasteiger partial charge in [0.05, 0.1) is 12.2 Å². The third kappa shape index (κ3) is 2.77. The Kier molecular flexibility index (Phi) is 3.88. The number of aromatic nitrogens is 2. The van der Waals surface area contributed by atoms with Gasteiger partial charge in [-0.1, -0.05) is 0 Å². The number of imidazole rings is 1. The Morgan fingerprint density at radius 2 is 2.09 bits per heavy atom. The van der Waals surface area contributed by atoms with Crippen LogP contribution in [0.5, 0.6) is 0 Å². The predicted octanol–water partition coefficient (Wildman–Crippen LogP) is 1.00. The molecule has 1 aromatic rings. The lowest BCUT2D eigenvalue weighted by Gasteiger charge is -2.29. The number of amides is 1. The zero-order chi connectivity index (χ0) is 14.9. The molecule has 4 heterocycles. The van der Waals surface area contributed by atoms with Gasteiger partial charge < -0.3 is 14.2 Å². The van der Waals surface area contributed by atoms with E-state index in [1.807, 2.05) is 4.90 Å². The molecule has 0 spiro atoms. The lowest BCUT2D eigenvalue weighted by atomic mass is 10.2. The van der Waals surface area contributed by atoms with Crippen LogP contribution in [0.15, 0.2) is 6.20 Å². The van der Waals surface area contributed by atoms with Crippen LogP contribution >= 0.6 is 0 Å². The van der Waals surface area contributed by atoms with E-state index in [0.717, 1.165) is 50.6 Å². The summed E-state index contributed by atoms with van der Waals surface area (Å²) in [6.07, 6.45) is 6.42. The molecule has 1 amide bonds. The van der Waals surface area contributed by atoms with Crippen LogP contribution in [0, 0.1) is 0 Å². The first kappa shape index (κ1) is 14.2. The van der Waals surface area contributed by atoms with E-state index in [4.69, 9.17) is 9.72 Å². The van der Waals surface area contributed by atoms with Crippen LogP contribution in [0.4, 0.5) is 0 Å². The van der Waals surface area contributed by atoms with Gasteiger partial charge in [-0.3, -0.25) is 9.69 Å². The second-order valence-electron chi connectivity index (χ2n) is 6.59. The summed E-state index contributed by atoms with van der Waals surface area (Å²) in [6, 6.07) is 0. The van der Waals surface area contributed by atoms with E-state index in [1.165, 1.54) is 25.9 Å². The highest BCUT2D eigenvalue weighted by Crippen LogP contribution is 2.20. The van der Waals surface area contributed by atoms with Crippen LogP contribution < -0.4 is 0 Å². The van der Waals surface area contributed by atoms with Crippen molar-refractivity contribution in [2.45, 2.75) is 51.4 Å². The third-order valence-corrected chi connectivity index (χ3v) is 4.95. The number of hydrogen-bond acceptors (Lipinski definition) is 4. The van der Waals surface area contributed by atoms with Gasteiger partial charge in [-0.15, -0.1) is 0 Å². The summed E-state index contributed by atoms with van der Waals surface area (Å²) in [5, 5.41) is 0. The fraction of sp³-hybridized carbons (Fsp3) is 0.750. The molecular formula is C16H24N4O2. The first-order valence-electron chi connectivity index (χ1n) is 8.47. The Morgan fingerprint density at radius 1 is 1.23 bits per heavy atom. The summed E-state index contributed by atoms with van der Waals surface area (Å²) in [4.78, 5) is 21.6. The molecule has 0 radical (unpaired) electrons. The molecule has 0 saturated carbocycles. The van der Waals surface area contributed by atoms with E-state index in [0.29, 0.717) is 6.54 Å². The predicted molar refractivity (Wildman–Crippen MR) is 81.1 cm³/mol. The Labute approximate surface area is 131 Å². The van der Waals surface area contributed by atoms with E-state index in [-0.39, 0.29) is 12.0 Å². The van der Waals surface area contributed by atoms with Crippen molar-refractivity contribution in [3.8, 4) is 0 Å². The number of likely N-dealkylation sites (tertiary alicyclic amines) is 1. The van der Waals surface area contributed by atoms with E-state index in [2.05, 4.69) is 15.7 Å². The van der Waals surface area contributed by atoms with Gasteiger partial charge in [0.2, 0.25) is 0 Å². The molecule has 0 unspecified atom stereocenters. The minimum atomic E-state index is -0.217. The van der Waals surface area contributed by atoms with Crippen LogP contribution in [-0.2, 0) is 29.2 Å². The van der Waals surface area contributed by atoms with Crippen LogP contribution in [0.1, 0.15) is 37.2 Å². The van der Waals surface area contributed by atoms with Gasteiger partial charge in [-0.05, 0) is 38.8 Å². The zero-order valence-electron chi connectivity index (χ0n) is 13.0. The molecule has 0 bridgehead atoms. The number of carbonyl (C=O) groups is 1. The maximum absolute atomic E-state index is 12.5. The molecule has 2 fully saturated rings. The standard InChI is InChI=1S/C16H24N4O2/c21-16(14-4-3-9-22-14)20-8-7-19-11-13(17-15(19)12-20)10-18-5-1-2-6-18/h11,14H,1-10,12H2/t14-/m1/s1. The van der Waals surface area contributed by atoms with Gasteiger partial charge in [0.25, 0.3) is 5.91 Å². The molecule has 120 valence electrons. The Balaban J connectivity index is 1.41. The molecular weight excluding hydrogens is 280 g/mol. The van der Waals surface area contributed by atoms with Crippen molar-refractivity contribution < 1.29 is 9.53 Å². The molecule has 6 nitrogen and oxygen atoms in total. The van der Waals surface area contributed by atoms with Crippen molar-refractivity contribution in [1.29, 1.82) is 0 Å². The van der Waals surface area contributed by atoms with Gasteiger partial charge in [0, 0.05) is 32.4 Å². The molecule has 3 aliphatic rings. The van der Waals surface area contributed by atoms with Crippen molar-refractivity contribution in [2.75, 3.05) is 26.2 Å². The SMILES string of the molecule is O=C([C@H]1CCCO1)N1CCn2cc(CN3CCCC3)nc2C1. The van der Waals surface area contributed by atoms with E-state index in [9.17, 15) is 4.79 Å². The van der Waals surface area contributed by atoms with Gasteiger partial charge in [-0.2, -0.15) is 0 Å². The van der Waals surface area contributed by atoms with Crippen molar-refractivity contribution >= 4 is 5.91 Å². The first-order valence-corrected chi connectivity index (χ1v) is 8.47. The van der Waals surface area contributed by atoms with Crippen molar-refractivity contribution in [3.05, 3.63) is 17.7 Å². The fourth-order valence-electron chi connectivity index (χ4n) is 3.72. The highest BCUT2D eigenvalue weighted by molar-refractivity contribution is 5.81. The summed E-state index contributed by atoms with van der Waals surface area (Å²) in [5.41, 5.74) is 1.14. The molecule has 0 aliphatic carbocycles.